The second-order valence-electron chi connectivity index (χ2n) is 2.41. The van der Waals surface area contributed by atoms with E-state index in [0.717, 1.165) is 6.54 Å². The molecule has 0 radical (unpaired) electrons. The van der Waals surface area contributed by atoms with Crippen molar-refractivity contribution in [3.8, 4) is 0 Å². The van der Waals surface area contributed by atoms with E-state index in [2.05, 4.69) is 10.6 Å². The predicted molar refractivity (Wildman–Crippen MR) is 35.7 cm³/mol. The van der Waals surface area contributed by atoms with Crippen molar-refractivity contribution in [3.63, 3.8) is 0 Å². The van der Waals surface area contributed by atoms with Crippen LogP contribution in [0.2, 0.25) is 0 Å². The van der Waals surface area contributed by atoms with Gasteiger partial charge in [0.2, 0.25) is 5.78 Å². The molecule has 1 heterocycles. The highest BCUT2D eigenvalue weighted by atomic mass is 19.3. The Balaban J connectivity index is 2.39. The first-order valence-corrected chi connectivity index (χ1v) is 3.48. The van der Waals surface area contributed by atoms with Gasteiger partial charge in [-0.05, 0) is 0 Å². The lowest BCUT2D eigenvalue weighted by Gasteiger charge is -2.22. The zero-order valence-corrected chi connectivity index (χ0v) is 5.94. The van der Waals surface area contributed by atoms with Crippen LogP contribution in [0, 0.1) is 0 Å². The zero-order chi connectivity index (χ0) is 8.27. The standard InChI is InChI=1S/C6H10F2N2O/c7-6(8)5(11)4-3-9-1-2-10-4/h4,6,9-10H,1-3H2. The SMILES string of the molecule is O=C(C(F)F)C1CNCCN1. The molecule has 1 rings (SSSR count). The topological polar surface area (TPSA) is 41.1 Å². The molecule has 1 fully saturated rings. The molecule has 0 spiro atoms. The lowest BCUT2D eigenvalue weighted by Crippen LogP contribution is -2.53. The van der Waals surface area contributed by atoms with Gasteiger partial charge in [-0.25, -0.2) is 8.78 Å². The molecule has 1 saturated heterocycles. The van der Waals surface area contributed by atoms with Crippen LogP contribution in [0.15, 0.2) is 0 Å². The number of ketones is 1. The van der Waals surface area contributed by atoms with Gasteiger partial charge >= 0.3 is 0 Å². The smallest absolute Gasteiger partial charge is 0.297 e. The van der Waals surface area contributed by atoms with E-state index in [4.69, 9.17) is 0 Å². The van der Waals surface area contributed by atoms with Crippen molar-refractivity contribution >= 4 is 5.78 Å². The van der Waals surface area contributed by atoms with Gasteiger partial charge in [-0.15, -0.1) is 0 Å². The quantitative estimate of drug-likeness (QED) is 0.571. The van der Waals surface area contributed by atoms with Gasteiger partial charge < -0.3 is 10.6 Å². The second-order valence-corrected chi connectivity index (χ2v) is 2.41. The molecule has 0 aromatic rings. The zero-order valence-electron chi connectivity index (χ0n) is 5.94. The third-order valence-corrected chi connectivity index (χ3v) is 1.60. The molecule has 0 aromatic carbocycles. The first kappa shape index (κ1) is 8.55. The molecule has 0 saturated carbocycles. The molecule has 1 atom stereocenters. The Morgan fingerprint density at radius 2 is 2.18 bits per heavy atom. The fraction of sp³-hybridized carbons (Fsp3) is 0.833. The van der Waals surface area contributed by atoms with Crippen molar-refractivity contribution in [2.75, 3.05) is 19.6 Å². The number of piperazine rings is 1. The summed E-state index contributed by atoms with van der Waals surface area (Å²) in [6.45, 7) is 1.61. The number of nitrogens with one attached hydrogen (secondary N) is 2. The third kappa shape index (κ3) is 2.20. The van der Waals surface area contributed by atoms with Crippen molar-refractivity contribution in [3.05, 3.63) is 0 Å². The fourth-order valence-corrected chi connectivity index (χ4v) is 1.01. The largest absolute Gasteiger partial charge is 0.313 e. The Morgan fingerprint density at radius 3 is 2.64 bits per heavy atom. The van der Waals surface area contributed by atoms with Crippen LogP contribution in [0.5, 0.6) is 0 Å². The summed E-state index contributed by atoms with van der Waals surface area (Å²) in [6, 6.07) is -0.705. The normalized spacial score (nSPS) is 25.5. The number of halogens is 2. The molecule has 2 N–H and O–H groups in total. The van der Waals surface area contributed by atoms with Crippen LogP contribution in [0.25, 0.3) is 0 Å². The summed E-state index contributed by atoms with van der Waals surface area (Å²) in [7, 11) is 0. The number of Topliss-reactive ketones (excluding diaryl/α,β-unsaturated/α-hetero) is 1. The molecule has 0 amide bonds. The van der Waals surface area contributed by atoms with E-state index in [9.17, 15) is 13.6 Å². The van der Waals surface area contributed by atoms with Gasteiger partial charge in [-0.1, -0.05) is 0 Å². The Morgan fingerprint density at radius 1 is 1.45 bits per heavy atom. The van der Waals surface area contributed by atoms with Crippen LogP contribution in [-0.4, -0.2) is 37.9 Å². The lowest BCUT2D eigenvalue weighted by atomic mass is 10.1. The van der Waals surface area contributed by atoms with Crippen molar-refractivity contribution in [2.24, 2.45) is 0 Å². The summed E-state index contributed by atoms with van der Waals surface area (Å²) < 4.78 is 23.6. The van der Waals surface area contributed by atoms with Gasteiger partial charge in [0, 0.05) is 19.6 Å². The Kier molecular flexibility index (Phi) is 2.90. The highest BCUT2D eigenvalue weighted by molar-refractivity contribution is 5.87. The van der Waals surface area contributed by atoms with Crippen LogP contribution in [-0.2, 0) is 4.79 Å². The second kappa shape index (κ2) is 3.73. The molecule has 0 aliphatic carbocycles. The Labute approximate surface area is 63.2 Å². The van der Waals surface area contributed by atoms with Gasteiger partial charge in [0.05, 0.1) is 6.04 Å². The number of rotatable bonds is 2. The Hall–Kier alpha value is -0.550. The monoisotopic (exact) mass is 164 g/mol. The maximum absolute atomic E-state index is 11.8. The van der Waals surface area contributed by atoms with Crippen LogP contribution in [0.1, 0.15) is 0 Å². The minimum Gasteiger partial charge on any atom is -0.313 e. The molecule has 5 heteroatoms. The third-order valence-electron chi connectivity index (χ3n) is 1.60. The van der Waals surface area contributed by atoms with Crippen LogP contribution >= 0.6 is 0 Å². The fourth-order valence-electron chi connectivity index (χ4n) is 1.01. The van der Waals surface area contributed by atoms with Crippen LogP contribution in [0.3, 0.4) is 0 Å². The Bertz CT molecular complexity index is 146. The summed E-state index contributed by atoms with van der Waals surface area (Å²) >= 11 is 0. The molecule has 0 bridgehead atoms. The van der Waals surface area contributed by atoms with E-state index < -0.39 is 18.3 Å². The lowest BCUT2D eigenvalue weighted by molar-refractivity contribution is -0.131. The van der Waals surface area contributed by atoms with E-state index in [-0.39, 0.29) is 0 Å². The van der Waals surface area contributed by atoms with Gasteiger partial charge in [-0.2, -0.15) is 0 Å². The first-order valence-electron chi connectivity index (χ1n) is 3.48. The molecule has 0 aromatic heterocycles. The van der Waals surface area contributed by atoms with E-state index >= 15 is 0 Å². The summed E-state index contributed by atoms with van der Waals surface area (Å²) in [5.74, 6) is -1.02. The summed E-state index contributed by atoms with van der Waals surface area (Å²) in [6.07, 6.45) is -2.85. The van der Waals surface area contributed by atoms with Crippen molar-refractivity contribution in [1.82, 2.24) is 10.6 Å². The maximum atomic E-state index is 11.8. The minimum atomic E-state index is -2.85. The van der Waals surface area contributed by atoms with Crippen molar-refractivity contribution in [2.45, 2.75) is 12.5 Å². The van der Waals surface area contributed by atoms with Crippen LogP contribution < -0.4 is 10.6 Å². The average Bonchev–Trinajstić information content (AvgIpc) is 2.05. The highest BCUT2D eigenvalue weighted by Crippen LogP contribution is 1.99. The predicted octanol–water partition coefficient (Wildman–Crippen LogP) is -0.618. The maximum Gasteiger partial charge on any atom is 0.297 e. The summed E-state index contributed by atoms with van der Waals surface area (Å²) in [5, 5.41) is 5.56. The molecule has 1 aliphatic rings. The number of hydrogen-bond donors (Lipinski definition) is 2. The van der Waals surface area contributed by atoms with E-state index in [1.807, 2.05) is 0 Å². The molecular weight excluding hydrogens is 154 g/mol. The van der Waals surface area contributed by atoms with Crippen molar-refractivity contribution < 1.29 is 13.6 Å². The molecular formula is C6H10F2N2O. The minimum absolute atomic E-state index is 0.309. The first-order chi connectivity index (χ1) is 5.22. The van der Waals surface area contributed by atoms with Crippen molar-refractivity contribution in [1.29, 1.82) is 0 Å². The molecule has 3 nitrogen and oxygen atoms in total. The average molecular weight is 164 g/mol. The van der Waals surface area contributed by atoms with E-state index in [1.165, 1.54) is 0 Å². The number of hydrogen-bond acceptors (Lipinski definition) is 3. The van der Waals surface area contributed by atoms with Gasteiger partial charge in [0.1, 0.15) is 0 Å². The van der Waals surface area contributed by atoms with Gasteiger partial charge in [-0.3, -0.25) is 4.79 Å². The summed E-state index contributed by atoms with van der Waals surface area (Å²) in [4.78, 5) is 10.6. The van der Waals surface area contributed by atoms with Gasteiger partial charge in [0.25, 0.3) is 6.43 Å². The molecule has 1 unspecified atom stereocenters. The molecule has 1 aliphatic heterocycles. The van der Waals surface area contributed by atoms with E-state index in [0.29, 0.717) is 13.1 Å². The number of carbonyl (C=O) groups excluding carboxylic acids is 1. The number of alkyl halides is 2. The highest BCUT2D eigenvalue weighted by Gasteiger charge is 2.27. The van der Waals surface area contributed by atoms with E-state index in [1.54, 1.807) is 0 Å². The summed E-state index contributed by atoms with van der Waals surface area (Å²) in [5.41, 5.74) is 0. The number of carbonyl (C=O) groups is 1. The van der Waals surface area contributed by atoms with Gasteiger partial charge in [0.15, 0.2) is 0 Å². The van der Waals surface area contributed by atoms with Crippen LogP contribution in [0.4, 0.5) is 8.78 Å². The molecule has 11 heavy (non-hydrogen) atoms. The molecule has 64 valence electrons.